The van der Waals surface area contributed by atoms with Crippen LogP contribution in [-0.4, -0.2) is 39.1 Å². The Morgan fingerprint density at radius 1 is 1.05 bits per heavy atom. The topological polar surface area (TPSA) is 73.9 Å². The molecule has 108 valence electrons. The molecule has 0 heterocycles. The minimum Gasteiger partial charge on any atom is -0.496 e. The number of benzene rings is 1. The Labute approximate surface area is 114 Å². The number of aliphatic hydroxyl groups excluding tert-OH is 1. The van der Waals surface area contributed by atoms with Crippen LogP contribution in [0.2, 0.25) is 0 Å². The maximum absolute atomic E-state index is 9.55. The molecule has 0 radical (unpaired) electrons. The van der Waals surface area contributed by atoms with Crippen molar-refractivity contribution >= 4 is 0 Å². The number of methoxy groups -OCH3 is 3. The lowest BCUT2D eigenvalue weighted by atomic mass is 9.92. The molecule has 1 aromatic carbocycles. The van der Waals surface area contributed by atoms with Crippen LogP contribution in [0.15, 0.2) is 12.1 Å². The Bertz CT molecular complexity index is 407. The van der Waals surface area contributed by atoms with Gasteiger partial charge >= 0.3 is 0 Å². The van der Waals surface area contributed by atoms with Gasteiger partial charge in [0, 0.05) is 17.5 Å². The SMILES string of the molecule is COc1cc(OC)c(C(CN)CC(C)O)cc1OC. The summed E-state index contributed by atoms with van der Waals surface area (Å²) in [5, 5.41) is 9.55. The first-order valence-electron chi connectivity index (χ1n) is 6.25. The van der Waals surface area contributed by atoms with Crippen molar-refractivity contribution < 1.29 is 19.3 Å². The molecule has 0 saturated carbocycles. The van der Waals surface area contributed by atoms with Crippen LogP contribution in [0.3, 0.4) is 0 Å². The second-order valence-corrected chi connectivity index (χ2v) is 4.47. The third-order valence-corrected chi connectivity index (χ3v) is 3.09. The third-order valence-electron chi connectivity index (χ3n) is 3.09. The quantitative estimate of drug-likeness (QED) is 0.785. The van der Waals surface area contributed by atoms with E-state index in [4.69, 9.17) is 19.9 Å². The Kier molecular flexibility index (Phi) is 5.92. The minimum absolute atomic E-state index is 0.00903. The molecule has 5 nitrogen and oxygen atoms in total. The van der Waals surface area contributed by atoms with Crippen LogP contribution in [-0.2, 0) is 0 Å². The van der Waals surface area contributed by atoms with Gasteiger partial charge in [-0.05, 0) is 26.0 Å². The normalized spacial score (nSPS) is 13.8. The lowest BCUT2D eigenvalue weighted by molar-refractivity contribution is 0.174. The van der Waals surface area contributed by atoms with Crippen molar-refractivity contribution in [2.24, 2.45) is 5.73 Å². The summed E-state index contributed by atoms with van der Waals surface area (Å²) >= 11 is 0. The first-order valence-corrected chi connectivity index (χ1v) is 6.25. The van der Waals surface area contributed by atoms with Crippen LogP contribution in [0.1, 0.15) is 24.8 Å². The van der Waals surface area contributed by atoms with Crippen LogP contribution in [0.5, 0.6) is 17.2 Å². The Hall–Kier alpha value is -1.46. The molecule has 0 aromatic heterocycles. The summed E-state index contributed by atoms with van der Waals surface area (Å²) < 4.78 is 15.9. The highest BCUT2D eigenvalue weighted by Crippen LogP contribution is 2.39. The van der Waals surface area contributed by atoms with Crippen LogP contribution in [0, 0.1) is 0 Å². The van der Waals surface area contributed by atoms with Gasteiger partial charge in [-0.3, -0.25) is 0 Å². The number of rotatable bonds is 7. The molecule has 2 atom stereocenters. The molecule has 0 spiro atoms. The van der Waals surface area contributed by atoms with Gasteiger partial charge in [-0.15, -0.1) is 0 Å². The van der Waals surface area contributed by atoms with Crippen LogP contribution in [0.25, 0.3) is 0 Å². The summed E-state index contributed by atoms with van der Waals surface area (Å²) in [6.45, 7) is 2.17. The number of aliphatic hydroxyl groups is 1. The average molecular weight is 269 g/mol. The first kappa shape index (κ1) is 15.6. The van der Waals surface area contributed by atoms with E-state index in [2.05, 4.69) is 0 Å². The number of ether oxygens (including phenoxy) is 3. The molecule has 2 unspecified atom stereocenters. The summed E-state index contributed by atoms with van der Waals surface area (Å²) in [4.78, 5) is 0. The Balaban J connectivity index is 3.23. The molecule has 5 heteroatoms. The summed E-state index contributed by atoms with van der Waals surface area (Å²) in [5.41, 5.74) is 6.72. The zero-order valence-electron chi connectivity index (χ0n) is 12.0. The molecule has 0 fully saturated rings. The van der Waals surface area contributed by atoms with Crippen molar-refractivity contribution in [3.8, 4) is 17.2 Å². The number of nitrogens with two attached hydrogens (primary N) is 1. The average Bonchev–Trinajstić information content (AvgIpc) is 2.42. The van der Waals surface area contributed by atoms with E-state index in [0.717, 1.165) is 5.56 Å². The molecular weight excluding hydrogens is 246 g/mol. The highest BCUT2D eigenvalue weighted by molar-refractivity contribution is 5.52. The van der Waals surface area contributed by atoms with Crippen molar-refractivity contribution in [3.63, 3.8) is 0 Å². The molecular formula is C14H23NO4. The number of hydrogen-bond donors (Lipinski definition) is 2. The standard InChI is InChI=1S/C14H23NO4/c1-9(16)5-10(8-15)11-6-13(18-3)14(19-4)7-12(11)17-2/h6-7,9-10,16H,5,8,15H2,1-4H3. The minimum atomic E-state index is -0.425. The summed E-state index contributed by atoms with van der Waals surface area (Å²) in [7, 11) is 4.76. The van der Waals surface area contributed by atoms with Gasteiger partial charge in [0.25, 0.3) is 0 Å². The Morgan fingerprint density at radius 2 is 1.58 bits per heavy atom. The van der Waals surface area contributed by atoms with E-state index in [1.165, 1.54) is 0 Å². The van der Waals surface area contributed by atoms with Gasteiger partial charge in [0.2, 0.25) is 0 Å². The fraction of sp³-hybridized carbons (Fsp3) is 0.571. The van der Waals surface area contributed by atoms with Crippen LogP contribution >= 0.6 is 0 Å². The lowest BCUT2D eigenvalue weighted by Crippen LogP contribution is -2.18. The fourth-order valence-electron chi connectivity index (χ4n) is 2.13. The largest absolute Gasteiger partial charge is 0.496 e. The zero-order valence-corrected chi connectivity index (χ0v) is 12.0. The number of hydrogen-bond acceptors (Lipinski definition) is 5. The third kappa shape index (κ3) is 3.75. The molecule has 0 aliphatic heterocycles. The molecule has 1 aromatic rings. The Morgan fingerprint density at radius 3 is 2.00 bits per heavy atom. The van der Waals surface area contributed by atoms with E-state index < -0.39 is 6.10 Å². The highest BCUT2D eigenvalue weighted by Gasteiger charge is 2.20. The predicted octanol–water partition coefficient (Wildman–Crippen LogP) is 1.53. The van der Waals surface area contributed by atoms with Crippen molar-refractivity contribution in [1.82, 2.24) is 0 Å². The van der Waals surface area contributed by atoms with Gasteiger partial charge in [0.15, 0.2) is 11.5 Å². The second kappa shape index (κ2) is 7.21. The molecule has 19 heavy (non-hydrogen) atoms. The summed E-state index contributed by atoms with van der Waals surface area (Å²) in [6.07, 6.45) is 0.147. The molecule has 3 N–H and O–H groups in total. The summed E-state index contributed by atoms with van der Waals surface area (Å²) in [6, 6.07) is 3.64. The maximum Gasteiger partial charge on any atom is 0.164 e. The monoisotopic (exact) mass is 269 g/mol. The van der Waals surface area contributed by atoms with E-state index >= 15 is 0 Å². The lowest BCUT2D eigenvalue weighted by Gasteiger charge is -2.21. The van der Waals surface area contributed by atoms with Gasteiger partial charge in [-0.25, -0.2) is 0 Å². The van der Waals surface area contributed by atoms with Gasteiger partial charge in [0.05, 0.1) is 27.4 Å². The second-order valence-electron chi connectivity index (χ2n) is 4.47. The van der Waals surface area contributed by atoms with E-state index in [0.29, 0.717) is 30.2 Å². The fourth-order valence-corrected chi connectivity index (χ4v) is 2.13. The molecule has 0 aliphatic rings. The highest BCUT2D eigenvalue weighted by atomic mass is 16.5. The van der Waals surface area contributed by atoms with Crippen molar-refractivity contribution in [2.75, 3.05) is 27.9 Å². The van der Waals surface area contributed by atoms with Crippen molar-refractivity contribution in [2.45, 2.75) is 25.4 Å². The summed E-state index contributed by atoms with van der Waals surface area (Å²) in [5.74, 6) is 1.93. The maximum atomic E-state index is 9.55. The zero-order chi connectivity index (χ0) is 14.4. The van der Waals surface area contributed by atoms with Gasteiger partial charge in [0.1, 0.15) is 5.75 Å². The van der Waals surface area contributed by atoms with Crippen LogP contribution in [0.4, 0.5) is 0 Å². The van der Waals surface area contributed by atoms with E-state index in [-0.39, 0.29) is 5.92 Å². The molecule has 0 bridgehead atoms. The molecule has 0 aliphatic carbocycles. The van der Waals surface area contributed by atoms with Crippen molar-refractivity contribution in [1.29, 1.82) is 0 Å². The predicted molar refractivity (Wildman–Crippen MR) is 74.2 cm³/mol. The van der Waals surface area contributed by atoms with Gasteiger partial charge in [-0.1, -0.05) is 0 Å². The van der Waals surface area contributed by atoms with E-state index in [1.807, 2.05) is 6.07 Å². The van der Waals surface area contributed by atoms with E-state index in [1.54, 1.807) is 34.3 Å². The van der Waals surface area contributed by atoms with Gasteiger partial charge < -0.3 is 25.1 Å². The van der Waals surface area contributed by atoms with E-state index in [9.17, 15) is 5.11 Å². The first-order chi connectivity index (χ1) is 9.07. The van der Waals surface area contributed by atoms with Crippen LogP contribution < -0.4 is 19.9 Å². The molecule has 0 amide bonds. The van der Waals surface area contributed by atoms with Gasteiger partial charge in [-0.2, -0.15) is 0 Å². The smallest absolute Gasteiger partial charge is 0.164 e. The molecule has 0 saturated heterocycles. The molecule has 1 rings (SSSR count). The van der Waals surface area contributed by atoms with Crippen molar-refractivity contribution in [3.05, 3.63) is 17.7 Å².